The molecule has 2 amide bonds. The molecule has 1 heterocycles. The van der Waals surface area contributed by atoms with Crippen LogP contribution in [0.5, 0.6) is 0 Å². The average molecular weight is 417 g/mol. The van der Waals surface area contributed by atoms with Gasteiger partial charge in [0.25, 0.3) is 11.8 Å². The van der Waals surface area contributed by atoms with Gasteiger partial charge in [-0.05, 0) is 48.4 Å². The van der Waals surface area contributed by atoms with E-state index in [2.05, 4.69) is 20.8 Å². The Balaban J connectivity index is 1.32. The number of carbonyl (C=O) groups excluding carboxylic acids is 2. The van der Waals surface area contributed by atoms with Crippen LogP contribution in [0.15, 0.2) is 78.0 Å². The Hall–Kier alpha value is -3.58. The van der Waals surface area contributed by atoms with Crippen molar-refractivity contribution in [2.45, 2.75) is 17.8 Å². The van der Waals surface area contributed by atoms with Gasteiger partial charge in [0, 0.05) is 16.9 Å². The number of H-pyrrole nitrogens is 1. The first-order chi connectivity index (χ1) is 14.6. The molecule has 0 aliphatic rings. The third-order valence-corrected chi connectivity index (χ3v) is 5.58. The SMILES string of the molecule is Cc1ccccc1C(=O)NNC(=O)c1ccc(CSc2nc3ccccc3[nH]2)cc1. The molecule has 0 radical (unpaired) electrons. The number of hydrazine groups is 1. The normalized spacial score (nSPS) is 10.7. The van der Waals surface area contributed by atoms with Gasteiger partial charge < -0.3 is 4.98 Å². The predicted molar refractivity (Wildman–Crippen MR) is 118 cm³/mol. The van der Waals surface area contributed by atoms with Gasteiger partial charge in [0.1, 0.15) is 0 Å². The highest BCUT2D eigenvalue weighted by atomic mass is 32.2. The van der Waals surface area contributed by atoms with Crippen LogP contribution in [0.4, 0.5) is 0 Å². The highest BCUT2D eigenvalue weighted by molar-refractivity contribution is 7.98. The molecule has 0 spiro atoms. The maximum atomic E-state index is 12.3. The Morgan fingerprint density at radius 1 is 0.900 bits per heavy atom. The van der Waals surface area contributed by atoms with Crippen molar-refractivity contribution < 1.29 is 9.59 Å². The van der Waals surface area contributed by atoms with Crippen molar-refractivity contribution in [2.24, 2.45) is 0 Å². The van der Waals surface area contributed by atoms with Gasteiger partial charge in [-0.15, -0.1) is 0 Å². The second kappa shape index (κ2) is 8.84. The molecule has 150 valence electrons. The summed E-state index contributed by atoms with van der Waals surface area (Å²) in [5, 5.41) is 0.858. The van der Waals surface area contributed by atoms with Crippen LogP contribution in [-0.4, -0.2) is 21.8 Å². The number of para-hydroxylation sites is 2. The van der Waals surface area contributed by atoms with E-state index >= 15 is 0 Å². The summed E-state index contributed by atoms with van der Waals surface area (Å²) < 4.78 is 0. The Morgan fingerprint density at radius 3 is 2.37 bits per heavy atom. The fraction of sp³-hybridized carbons (Fsp3) is 0.0870. The molecule has 6 nitrogen and oxygen atoms in total. The summed E-state index contributed by atoms with van der Waals surface area (Å²) in [6.07, 6.45) is 0. The van der Waals surface area contributed by atoms with Crippen molar-refractivity contribution in [2.75, 3.05) is 0 Å². The Morgan fingerprint density at radius 2 is 1.60 bits per heavy atom. The number of nitrogens with zero attached hydrogens (tertiary/aromatic N) is 1. The van der Waals surface area contributed by atoms with E-state index in [0.29, 0.717) is 11.1 Å². The number of benzene rings is 3. The van der Waals surface area contributed by atoms with E-state index in [9.17, 15) is 9.59 Å². The zero-order chi connectivity index (χ0) is 20.9. The molecule has 3 aromatic carbocycles. The second-order valence-electron chi connectivity index (χ2n) is 6.77. The van der Waals surface area contributed by atoms with Crippen LogP contribution < -0.4 is 10.9 Å². The van der Waals surface area contributed by atoms with Gasteiger partial charge in [0.15, 0.2) is 5.16 Å². The summed E-state index contributed by atoms with van der Waals surface area (Å²) in [7, 11) is 0. The lowest BCUT2D eigenvalue weighted by Gasteiger charge is -2.09. The molecule has 3 N–H and O–H groups in total. The van der Waals surface area contributed by atoms with E-state index in [1.54, 1.807) is 36.0 Å². The molecular formula is C23H20N4O2S. The fourth-order valence-corrected chi connectivity index (χ4v) is 3.82. The number of imidazole rings is 1. The lowest BCUT2D eigenvalue weighted by Crippen LogP contribution is -2.41. The summed E-state index contributed by atoms with van der Waals surface area (Å²) >= 11 is 1.60. The number of hydrogen-bond acceptors (Lipinski definition) is 4. The molecule has 0 atom stereocenters. The molecule has 0 aliphatic heterocycles. The van der Waals surface area contributed by atoms with Crippen molar-refractivity contribution in [3.8, 4) is 0 Å². The summed E-state index contributed by atoms with van der Waals surface area (Å²) in [4.78, 5) is 32.3. The maximum absolute atomic E-state index is 12.3. The molecule has 1 aromatic heterocycles. The molecule has 0 bridgehead atoms. The molecular weight excluding hydrogens is 396 g/mol. The lowest BCUT2D eigenvalue weighted by molar-refractivity contribution is 0.0846. The van der Waals surface area contributed by atoms with Crippen molar-refractivity contribution in [1.29, 1.82) is 0 Å². The number of amides is 2. The van der Waals surface area contributed by atoms with Crippen LogP contribution in [0, 0.1) is 6.92 Å². The number of aryl methyl sites for hydroxylation is 1. The molecule has 4 aromatic rings. The van der Waals surface area contributed by atoms with E-state index < -0.39 is 0 Å². The third-order valence-electron chi connectivity index (χ3n) is 4.64. The average Bonchev–Trinajstić information content (AvgIpc) is 3.19. The maximum Gasteiger partial charge on any atom is 0.269 e. The Labute approximate surface area is 178 Å². The van der Waals surface area contributed by atoms with Crippen LogP contribution in [-0.2, 0) is 5.75 Å². The van der Waals surface area contributed by atoms with E-state index in [4.69, 9.17) is 0 Å². The van der Waals surface area contributed by atoms with Gasteiger partial charge in [0.2, 0.25) is 0 Å². The third kappa shape index (κ3) is 4.52. The topological polar surface area (TPSA) is 86.9 Å². The monoisotopic (exact) mass is 416 g/mol. The van der Waals surface area contributed by atoms with E-state index in [1.807, 2.05) is 55.5 Å². The molecule has 7 heteroatoms. The number of fused-ring (bicyclic) bond motifs is 1. The number of aromatic amines is 1. The number of rotatable bonds is 5. The Bertz CT molecular complexity index is 1170. The summed E-state index contributed by atoms with van der Waals surface area (Å²) in [5.41, 5.74) is 9.78. The molecule has 0 saturated carbocycles. The first kappa shape index (κ1) is 19.7. The molecule has 4 rings (SSSR count). The number of thioether (sulfide) groups is 1. The van der Waals surface area contributed by atoms with Gasteiger partial charge in [-0.3, -0.25) is 20.4 Å². The molecule has 0 unspecified atom stereocenters. The minimum absolute atomic E-state index is 0.347. The van der Waals surface area contributed by atoms with E-state index in [0.717, 1.165) is 33.1 Å². The highest BCUT2D eigenvalue weighted by Gasteiger charge is 2.11. The van der Waals surface area contributed by atoms with Crippen LogP contribution in [0.3, 0.4) is 0 Å². The number of nitrogens with one attached hydrogen (secondary N) is 3. The van der Waals surface area contributed by atoms with Crippen molar-refractivity contribution >= 4 is 34.6 Å². The smallest absolute Gasteiger partial charge is 0.269 e. The number of aromatic nitrogens is 2. The fourth-order valence-electron chi connectivity index (χ4n) is 2.98. The van der Waals surface area contributed by atoms with Crippen LogP contribution in [0.25, 0.3) is 11.0 Å². The quantitative estimate of drug-likeness (QED) is 0.335. The largest absolute Gasteiger partial charge is 0.333 e. The first-order valence-corrected chi connectivity index (χ1v) is 10.4. The molecule has 30 heavy (non-hydrogen) atoms. The van der Waals surface area contributed by atoms with E-state index in [-0.39, 0.29) is 11.8 Å². The summed E-state index contributed by atoms with van der Waals surface area (Å²) in [6, 6.07) is 22.4. The van der Waals surface area contributed by atoms with E-state index in [1.165, 1.54) is 0 Å². The number of carbonyl (C=O) groups is 2. The zero-order valence-corrected chi connectivity index (χ0v) is 17.1. The zero-order valence-electron chi connectivity index (χ0n) is 16.3. The van der Waals surface area contributed by atoms with Crippen molar-refractivity contribution in [3.05, 3.63) is 95.1 Å². The van der Waals surface area contributed by atoms with Gasteiger partial charge in [-0.1, -0.05) is 54.2 Å². The first-order valence-electron chi connectivity index (χ1n) is 9.43. The summed E-state index contributed by atoms with van der Waals surface area (Å²) in [5.74, 6) is 0.0138. The second-order valence-corrected chi connectivity index (χ2v) is 7.73. The molecule has 0 saturated heterocycles. The predicted octanol–water partition coefficient (Wildman–Crippen LogP) is 4.24. The van der Waals surface area contributed by atoms with Gasteiger partial charge in [-0.25, -0.2) is 4.98 Å². The Kier molecular flexibility index (Phi) is 5.81. The molecule has 0 fully saturated rings. The number of hydrogen-bond donors (Lipinski definition) is 3. The van der Waals surface area contributed by atoms with Gasteiger partial charge in [0.05, 0.1) is 11.0 Å². The standard InChI is InChI=1S/C23H20N4O2S/c1-15-6-2-3-7-18(15)22(29)27-26-21(28)17-12-10-16(11-13-17)14-30-23-24-19-8-4-5-9-20(19)25-23/h2-13H,14H2,1H3,(H,24,25)(H,26,28)(H,27,29). The van der Waals surface area contributed by atoms with Gasteiger partial charge in [-0.2, -0.15) is 0 Å². The van der Waals surface area contributed by atoms with Gasteiger partial charge >= 0.3 is 0 Å². The minimum atomic E-state index is -0.367. The molecule has 0 aliphatic carbocycles. The van der Waals surface area contributed by atoms with Crippen molar-refractivity contribution in [3.63, 3.8) is 0 Å². The summed E-state index contributed by atoms with van der Waals surface area (Å²) in [6.45, 7) is 1.85. The minimum Gasteiger partial charge on any atom is -0.333 e. The van der Waals surface area contributed by atoms with Crippen LogP contribution in [0.2, 0.25) is 0 Å². The van der Waals surface area contributed by atoms with Crippen LogP contribution >= 0.6 is 11.8 Å². The highest BCUT2D eigenvalue weighted by Crippen LogP contribution is 2.23. The van der Waals surface area contributed by atoms with Crippen LogP contribution in [0.1, 0.15) is 31.8 Å². The van der Waals surface area contributed by atoms with Crippen molar-refractivity contribution in [1.82, 2.24) is 20.8 Å². The lowest BCUT2D eigenvalue weighted by atomic mass is 10.1.